The summed E-state index contributed by atoms with van der Waals surface area (Å²) >= 11 is 0. The molecule has 1 aliphatic carbocycles. The molecule has 0 fully saturated rings. The van der Waals surface area contributed by atoms with E-state index in [-0.39, 0.29) is 30.5 Å². The van der Waals surface area contributed by atoms with Crippen LogP contribution in [0.25, 0.3) is 11.1 Å². The number of amides is 2. The van der Waals surface area contributed by atoms with E-state index in [2.05, 4.69) is 62.5 Å². The van der Waals surface area contributed by atoms with Crippen LogP contribution in [0.3, 0.4) is 0 Å². The Balaban J connectivity index is 1.37. The molecule has 2 aromatic rings. The first-order chi connectivity index (χ1) is 17.5. The van der Waals surface area contributed by atoms with Crippen LogP contribution in [0.2, 0.25) is 0 Å². The molecule has 0 aromatic heterocycles. The van der Waals surface area contributed by atoms with Crippen LogP contribution in [0.4, 0.5) is 4.79 Å². The number of ether oxygens (including phenoxy) is 1. The van der Waals surface area contributed by atoms with Crippen molar-refractivity contribution in [2.24, 2.45) is 5.92 Å². The van der Waals surface area contributed by atoms with Gasteiger partial charge in [0.05, 0.1) is 6.04 Å². The van der Waals surface area contributed by atoms with E-state index in [0.29, 0.717) is 18.8 Å². The van der Waals surface area contributed by atoms with Gasteiger partial charge in [-0.3, -0.25) is 4.79 Å². The largest absolute Gasteiger partial charge is 0.449 e. The number of carbonyl (C=O) groups is 2. The van der Waals surface area contributed by atoms with Gasteiger partial charge in [0, 0.05) is 24.9 Å². The van der Waals surface area contributed by atoms with Gasteiger partial charge in [-0.15, -0.1) is 0 Å². The lowest BCUT2D eigenvalue weighted by molar-refractivity contribution is -0.134. The van der Waals surface area contributed by atoms with Gasteiger partial charge in [-0.25, -0.2) is 4.79 Å². The van der Waals surface area contributed by atoms with E-state index in [1.807, 2.05) is 29.2 Å². The highest BCUT2D eigenvalue weighted by molar-refractivity contribution is 5.80. The molecule has 5 nitrogen and oxygen atoms in total. The number of fused-ring (bicyclic) bond motifs is 3. The molecular weight excluding hydrogens is 448 g/mol. The van der Waals surface area contributed by atoms with Crippen LogP contribution in [0, 0.1) is 5.92 Å². The SMILES string of the molecule is CCCCCCN1C(=O)CC(NC(=O)OCC2c3ccccc3-c3ccccc32)C/C=C\C1C(C)C. The van der Waals surface area contributed by atoms with E-state index in [4.69, 9.17) is 4.74 Å². The standard InChI is InChI=1S/C31H40N2O3/c1-4-5-6-11-19-33-29(22(2)3)18-12-13-23(20-30(33)34)32-31(35)36-21-28-26-16-9-7-14-24(26)25-15-8-10-17-27(25)28/h7-10,12,14-18,22-23,28-29H,4-6,11,13,19-21H2,1-3H3,(H,32,35)/b18-12-. The minimum atomic E-state index is -0.460. The van der Waals surface area contributed by atoms with Crippen LogP contribution in [-0.4, -0.2) is 42.1 Å². The molecule has 2 unspecified atom stereocenters. The van der Waals surface area contributed by atoms with Crippen LogP contribution in [-0.2, 0) is 9.53 Å². The monoisotopic (exact) mass is 488 g/mol. The highest BCUT2D eigenvalue weighted by Crippen LogP contribution is 2.44. The van der Waals surface area contributed by atoms with Gasteiger partial charge in [-0.2, -0.15) is 0 Å². The van der Waals surface area contributed by atoms with E-state index >= 15 is 0 Å². The zero-order valence-corrected chi connectivity index (χ0v) is 21.9. The van der Waals surface area contributed by atoms with Gasteiger partial charge in [-0.05, 0) is 41.0 Å². The third-order valence-corrected chi connectivity index (χ3v) is 7.46. The predicted octanol–water partition coefficient (Wildman–Crippen LogP) is 6.68. The fourth-order valence-electron chi connectivity index (χ4n) is 5.55. The molecule has 2 atom stereocenters. The minimum absolute atomic E-state index is 0.0208. The summed E-state index contributed by atoms with van der Waals surface area (Å²) in [5.74, 6) is 0.480. The Morgan fingerprint density at radius 1 is 1.03 bits per heavy atom. The quantitative estimate of drug-likeness (QED) is 0.316. The molecule has 0 saturated carbocycles. The van der Waals surface area contributed by atoms with E-state index < -0.39 is 6.09 Å². The van der Waals surface area contributed by atoms with Gasteiger partial charge in [0.2, 0.25) is 5.91 Å². The maximum Gasteiger partial charge on any atom is 0.407 e. The Morgan fingerprint density at radius 3 is 2.33 bits per heavy atom. The smallest absolute Gasteiger partial charge is 0.407 e. The number of unbranched alkanes of at least 4 members (excludes halogenated alkanes) is 3. The molecule has 1 heterocycles. The number of nitrogens with zero attached hydrogens (tertiary/aromatic N) is 1. The Labute approximate surface area is 215 Å². The van der Waals surface area contributed by atoms with Gasteiger partial charge < -0.3 is 15.0 Å². The average Bonchev–Trinajstić information content (AvgIpc) is 3.18. The lowest BCUT2D eigenvalue weighted by Crippen LogP contribution is -2.47. The highest BCUT2D eigenvalue weighted by atomic mass is 16.5. The molecule has 1 aliphatic heterocycles. The van der Waals surface area contributed by atoms with Gasteiger partial charge in [0.15, 0.2) is 0 Å². The van der Waals surface area contributed by atoms with Crippen molar-refractivity contribution in [1.82, 2.24) is 10.2 Å². The Kier molecular flexibility index (Phi) is 8.84. The van der Waals surface area contributed by atoms with Gasteiger partial charge in [0.25, 0.3) is 0 Å². The number of hydrogen-bond acceptors (Lipinski definition) is 3. The maximum atomic E-state index is 13.3. The molecule has 0 spiro atoms. The Morgan fingerprint density at radius 2 is 1.69 bits per heavy atom. The fraction of sp³-hybridized carbons (Fsp3) is 0.484. The van der Waals surface area contributed by atoms with Crippen molar-refractivity contribution in [3.05, 3.63) is 71.8 Å². The van der Waals surface area contributed by atoms with Crippen LogP contribution >= 0.6 is 0 Å². The van der Waals surface area contributed by atoms with Crippen molar-refractivity contribution in [3.63, 3.8) is 0 Å². The molecule has 4 rings (SSSR count). The third kappa shape index (κ3) is 6.00. The third-order valence-electron chi connectivity index (χ3n) is 7.46. The maximum absolute atomic E-state index is 13.3. The molecule has 2 amide bonds. The molecule has 5 heteroatoms. The van der Waals surface area contributed by atoms with Crippen LogP contribution in [0.1, 0.15) is 76.3 Å². The molecule has 0 bridgehead atoms. The van der Waals surface area contributed by atoms with Crippen LogP contribution < -0.4 is 5.32 Å². The average molecular weight is 489 g/mol. The lowest BCUT2D eigenvalue weighted by atomic mass is 9.96. The second kappa shape index (κ2) is 12.2. The summed E-state index contributed by atoms with van der Waals surface area (Å²) in [4.78, 5) is 28.1. The van der Waals surface area contributed by atoms with E-state index in [1.54, 1.807) is 0 Å². The molecule has 0 radical (unpaired) electrons. The van der Waals surface area contributed by atoms with Crippen LogP contribution in [0.15, 0.2) is 60.7 Å². The first kappa shape index (κ1) is 26.0. The lowest BCUT2D eigenvalue weighted by Gasteiger charge is -2.35. The fourth-order valence-corrected chi connectivity index (χ4v) is 5.55. The van der Waals surface area contributed by atoms with E-state index in [9.17, 15) is 9.59 Å². The first-order valence-electron chi connectivity index (χ1n) is 13.6. The minimum Gasteiger partial charge on any atom is -0.449 e. The number of benzene rings is 2. The van der Waals surface area contributed by atoms with Gasteiger partial charge in [0.1, 0.15) is 6.61 Å². The topological polar surface area (TPSA) is 58.6 Å². The molecular formula is C31H40N2O3. The van der Waals surface area contributed by atoms with Crippen molar-refractivity contribution < 1.29 is 14.3 Å². The highest BCUT2D eigenvalue weighted by Gasteiger charge is 2.31. The molecule has 0 saturated heterocycles. The molecule has 36 heavy (non-hydrogen) atoms. The molecule has 1 N–H and O–H groups in total. The normalized spacial score (nSPS) is 20.4. The summed E-state index contributed by atoms with van der Waals surface area (Å²) in [6.45, 7) is 7.56. The molecule has 192 valence electrons. The molecule has 2 aliphatic rings. The van der Waals surface area contributed by atoms with Crippen molar-refractivity contribution in [2.75, 3.05) is 13.2 Å². The number of hydrogen-bond donors (Lipinski definition) is 1. The van der Waals surface area contributed by atoms with E-state index in [1.165, 1.54) is 35.1 Å². The van der Waals surface area contributed by atoms with Gasteiger partial charge in [-0.1, -0.05) is 101 Å². The summed E-state index contributed by atoms with van der Waals surface area (Å²) < 4.78 is 5.73. The van der Waals surface area contributed by atoms with Crippen molar-refractivity contribution in [3.8, 4) is 11.1 Å². The summed E-state index contributed by atoms with van der Waals surface area (Å²) in [6, 6.07) is 16.5. The summed E-state index contributed by atoms with van der Waals surface area (Å²) in [5, 5.41) is 2.97. The number of alkyl carbamates (subject to hydrolysis) is 1. The van der Waals surface area contributed by atoms with Crippen molar-refractivity contribution in [1.29, 1.82) is 0 Å². The van der Waals surface area contributed by atoms with E-state index in [0.717, 1.165) is 19.4 Å². The van der Waals surface area contributed by atoms with Gasteiger partial charge >= 0.3 is 6.09 Å². The second-order valence-electron chi connectivity index (χ2n) is 10.4. The first-order valence-corrected chi connectivity index (χ1v) is 13.6. The summed E-state index contributed by atoms with van der Waals surface area (Å²) in [6.07, 6.45) is 9.24. The second-order valence-corrected chi connectivity index (χ2v) is 10.4. The van der Waals surface area contributed by atoms with Crippen molar-refractivity contribution >= 4 is 12.0 Å². The number of carbonyl (C=O) groups excluding carboxylic acids is 2. The Hall–Kier alpha value is -3.08. The zero-order chi connectivity index (χ0) is 25.5. The Bertz CT molecular complexity index is 1030. The number of rotatable bonds is 9. The zero-order valence-electron chi connectivity index (χ0n) is 21.9. The predicted molar refractivity (Wildman–Crippen MR) is 145 cm³/mol. The summed E-state index contributed by atoms with van der Waals surface area (Å²) in [7, 11) is 0. The molecule has 2 aromatic carbocycles. The number of nitrogens with one attached hydrogen (secondary N) is 1. The van der Waals surface area contributed by atoms with Crippen molar-refractivity contribution in [2.45, 2.75) is 77.3 Å². The van der Waals surface area contributed by atoms with Crippen LogP contribution in [0.5, 0.6) is 0 Å². The summed E-state index contributed by atoms with van der Waals surface area (Å²) in [5.41, 5.74) is 4.79.